The van der Waals surface area contributed by atoms with Gasteiger partial charge >= 0.3 is 0 Å². The van der Waals surface area contributed by atoms with Gasteiger partial charge in [-0.2, -0.15) is 0 Å². The van der Waals surface area contributed by atoms with Gasteiger partial charge < -0.3 is 0 Å². The maximum absolute atomic E-state index is 2.24. The highest BCUT2D eigenvalue weighted by Gasteiger charge is 1.98. The van der Waals surface area contributed by atoms with Crippen molar-refractivity contribution in [2.24, 2.45) is 0 Å². The quantitative estimate of drug-likeness (QED) is 0.532. The van der Waals surface area contributed by atoms with E-state index in [1.165, 1.54) is 24.0 Å². The van der Waals surface area contributed by atoms with Crippen molar-refractivity contribution in [2.45, 2.75) is 54.4 Å². The molecular weight excluding hydrogens is 168 g/mol. The summed E-state index contributed by atoms with van der Waals surface area (Å²) in [5, 5.41) is 0. The Morgan fingerprint density at radius 1 is 1.14 bits per heavy atom. The molecule has 0 atom stereocenters. The lowest BCUT2D eigenvalue weighted by atomic mass is 9.99. The molecule has 0 saturated carbocycles. The van der Waals surface area contributed by atoms with Gasteiger partial charge in [0.05, 0.1) is 0 Å². The monoisotopic (exact) mass is 194 g/mol. The summed E-state index contributed by atoms with van der Waals surface area (Å²) in [6, 6.07) is 0. The van der Waals surface area contributed by atoms with Crippen LogP contribution in [0.2, 0.25) is 0 Å². The molecule has 0 N–H and O–H groups in total. The largest absolute Gasteiger partial charge is 0.0871 e. The molecule has 0 aromatic rings. The van der Waals surface area contributed by atoms with E-state index in [0.29, 0.717) is 0 Å². The second-order valence-electron chi connectivity index (χ2n) is 2.68. The molecule has 0 heteroatoms. The molecule has 1 aliphatic carbocycles. The molecule has 0 unspecified atom stereocenters. The Hall–Kier alpha value is -0.780. The van der Waals surface area contributed by atoms with Crippen molar-refractivity contribution >= 4 is 0 Å². The van der Waals surface area contributed by atoms with Crippen LogP contribution in [0.15, 0.2) is 35.5 Å². The van der Waals surface area contributed by atoms with E-state index in [0.717, 1.165) is 0 Å². The first-order chi connectivity index (χ1) is 6.84. The second-order valence-corrected chi connectivity index (χ2v) is 2.68. The molecule has 0 saturated heterocycles. The van der Waals surface area contributed by atoms with Gasteiger partial charge in [0.2, 0.25) is 0 Å². The minimum absolute atomic E-state index is 1.22. The lowest BCUT2D eigenvalue weighted by Crippen LogP contribution is -1.87. The summed E-state index contributed by atoms with van der Waals surface area (Å²) in [6.45, 7) is 12.3. The minimum atomic E-state index is 1.22. The van der Waals surface area contributed by atoms with Crippen LogP contribution in [0, 0.1) is 0 Å². The standard InChI is InChI=1S/C10H14.2C2H6/c1-3-6-10-8-5-4-7-9(10)2;2*1-2/h3,5-6,8H,4,7H2,1-2H3;2*1-2H3/b6-3-;;. The van der Waals surface area contributed by atoms with Gasteiger partial charge in [0.25, 0.3) is 0 Å². The summed E-state index contributed by atoms with van der Waals surface area (Å²) >= 11 is 0. The average molecular weight is 194 g/mol. The van der Waals surface area contributed by atoms with E-state index in [-0.39, 0.29) is 0 Å². The smallest absolute Gasteiger partial charge is 0.0274 e. The summed E-state index contributed by atoms with van der Waals surface area (Å²) < 4.78 is 0. The first-order valence-electron chi connectivity index (χ1n) is 5.83. The number of allylic oxidation sites excluding steroid dienone is 6. The van der Waals surface area contributed by atoms with Gasteiger partial charge in [0.15, 0.2) is 0 Å². The molecule has 0 aromatic heterocycles. The molecular formula is C14H26. The molecule has 14 heavy (non-hydrogen) atoms. The van der Waals surface area contributed by atoms with E-state index in [1.807, 2.05) is 27.7 Å². The molecule has 0 bridgehead atoms. The fourth-order valence-electron chi connectivity index (χ4n) is 1.17. The van der Waals surface area contributed by atoms with Crippen LogP contribution in [0.1, 0.15) is 54.4 Å². The van der Waals surface area contributed by atoms with Gasteiger partial charge in [0, 0.05) is 0 Å². The van der Waals surface area contributed by atoms with E-state index in [2.05, 4.69) is 38.2 Å². The van der Waals surface area contributed by atoms with Crippen molar-refractivity contribution in [1.82, 2.24) is 0 Å². The predicted octanol–water partition coefficient (Wildman–Crippen LogP) is 5.28. The van der Waals surface area contributed by atoms with Gasteiger partial charge in [-0.25, -0.2) is 0 Å². The van der Waals surface area contributed by atoms with Gasteiger partial charge in [-0.3, -0.25) is 0 Å². The molecule has 0 aliphatic heterocycles. The zero-order chi connectivity index (χ0) is 11.4. The van der Waals surface area contributed by atoms with Gasteiger partial charge in [-0.15, -0.1) is 0 Å². The number of hydrogen-bond donors (Lipinski definition) is 0. The zero-order valence-electron chi connectivity index (χ0n) is 10.7. The van der Waals surface area contributed by atoms with Crippen molar-refractivity contribution in [3.8, 4) is 0 Å². The molecule has 0 nitrogen and oxygen atoms in total. The molecule has 0 heterocycles. The maximum atomic E-state index is 2.24. The third kappa shape index (κ3) is 6.71. The maximum Gasteiger partial charge on any atom is -0.0274 e. The van der Waals surface area contributed by atoms with Gasteiger partial charge in [-0.05, 0) is 32.3 Å². The fourth-order valence-corrected chi connectivity index (χ4v) is 1.17. The Kier molecular flexibility index (Phi) is 13.7. The second kappa shape index (κ2) is 12.2. The molecule has 1 rings (SSSR count). The van der Waals surface area contributed by atoms with Crippen LogP contribution in [0.5, 0.6) is 0 Å². The average Bonchev–Trinajstić information content (AvgIpc) is 2.28. The van der Waals surface area contributed by atoms with E-state index in [1.54, 1.807) is 0 Å². The summed E-state index contributed by atoms with van der Waals surface area (Å²) in [6.07, 6.45) is 11.2. The third-order valence-electron chi connectivity index (χ3n) is 1.82. The van der Waals surface area contributed by atoms with Crippen molar-refractivity contribution in [2.75, 3.05) is 0 Å². The summed E-state index contributed by atoms with van der Waals surface area (Å²) in [5.74, 6) is 0. The Labute approximate surface area is 90.4 Å². The van der Waals surface area contributed by atoms with Crippen LogP contribution in [-0.2, 0) is 0 Å². The Morgan fingerprint density at radius 2 is 1.71 bits per heavy atom. The van der Waals surface area contributed by atoms with E-state index >= 15 is 0 Å². The lowest BCUT2D eigenvalue weighted by molar-refractivity contribution is 0.948. The Morgan fingerprint density at radius 3 is 2.14 bits per heavy atom. The Bertz CT molecular complexity index is 188. The summed E-state index contributed by atoms with van der Waals surface area (Å²) in [7, 11) is 0. The van der Waals surface area contributed by atoms with Crippen LogP contribution in [0.4, 0.5) is 0 Å². The van der Waals surface area contributed by atoms with Crippen molar-refractivity contribution in [3.05, 3.63) is 35.5 Å². The topological polar surface area (TPSA) is 0 Å². The minimum Gasteiger partial charge on any atom is -0.0871 e. The van der Waals surface area contributed by atoms with E-state index in [9.17, 15) is 0 Å². The van der Waals surface area contributed by atoms with Crippen molar-refractivity contribution in [3.63, 3.8) is 0 Å². The molecule has 0 fully saturated rings. The number of rotatable bonds is 1. The van der Waals surface area contributed by atoms with Crippen LogP contribution in [0.25, 0.3) is 0 Å². The predicted molar refractivity (Wildman–Crippen MR) is 68.6 cm³/mol. The van der Waals surface area contributed by atoms with Crippen molar-refractivity contribution < 1.29 is 0 Å². The SMILES string of the molecule is C/C=C\C1=C(C)CCC=C1.CC.CC. The molecule has 82 valence electrons. The Balaban J connectivity index is 0. The highest BCUT2D eigenvalue weighted by Crippen LogP contribution is 2.18. The van der Waals surface area contributed by atoms with Crippen LogP contribution in [-0.4, -0.2) is 0 Å². The number of hydrogen-bond acceptors (Lipinski definition) is 0. The van der Waals surface area contributed by atoms with E-state index in [4.69, 9.17) is 0 Å². The molecule has 0 spiro atoms. The van der Waals surface area contributed by atoms with Crippen LogP contribution < -0.4 is 0 Å². The van der Waals surface area contributed by atoms with Crippen LogP contribution in [0.3, 0.4) is 0 Å². The molecule has 0 radical (unpaired) electrons. The summed E-state index contributed by atoms with van der Waals surface area (Å²) in [4.78, 5) is 0. The highest BCUT2D eigenvalue weighted by atomic mass is 14.0. The van der Waals surface area contributed by atoms with Gasteiger partial charge in [0.1, 0.15) is 0 Å². The highest BCUT2D eigenvalue weighted by molar-refractivity contribution is 5.37. The van der Waals surface area contributed by atoms with Crippen molar-refractivity contribution in [1.29, 1.82) is 0 Å². The third-order valence-corrected chi connectivity index (χ3v) is 1.82. The van der Waals surface area contributed by atoms with Gasteiger partial charge in [-0.1, -0.05) is 57.6 Å². The van der Waals surface area contributed by atoms with E-state index < -0.39 is 0 Å². The first kappa shape index (κ1) is 15.7. The molecule has 1 aliphatic rings. The first-order valence-corrected chi connectivity index (χ1v) is 5.83. The normalized spacial score (nSPS) is 14.4. The van der Waals surface area contributed by atoms with Crippen LogP contribution >= 0.6 is 0 Å². The summed E-state index contributed by atoms with van der Waals surface area (Å²) in [5.41, 5.74) is 2.91. The lowest BCUT2D eigenvalue weighted by Gasteiger charge is -2.07. The zero-order valence-corrected chi connectivity index (χ0v) is 10.7. The molecule has 0 aromatic carbocycles. The fraction of sp³-hybridized carbons (Fsp3) is 0.571. The molecule has 0 amide bonds.